The van der Waals surface area contributed by atoms with Crippen LogP contribution in [0.5, 0.6) is 5.75 Å². The van der Waals surface area contributed by atoms with Crippen LogP contribution in [0.4, 0.5) is 4.39 Å². The van der Waals surface area contributed by atoms with Crippen molar-refractivity contribution in [3.8, 4) is 5.75 Å². The number of carbonyl (C=O) groups excluding carboxylic acids is 1. The summed E-state index contributed by atoms with van der Waals surface area (Å²) in [4.78, 5) is 17.7. The highest BCUT2D eigenvalue weighted by Gasteiger charge is 2.22. The van der Waals surface area contributed by atoms with Crippen LogP contribution in [0.2, 0.25) is 0 Å². The lowest BCUT2D eigenvalue weighted by Gasteiger charge is -2.11. The summed E-state index contributed by atoms with van der Waals surface area (Å²) < 4.78 is 18.7. The smallest absolute Gasteiger partial charge is 0.251 e. The summed E-state index contributed by atoms with van der Waals surface area (Å²) in [5.74, 6) is 0.136. The van der Waals surface area contributed by atoms with Crippen LogP contribution in [0.15, 0.2) is 66.3 Å². The van der Waals surface area contributed by atoms with Gasteiger partial charge in [0, 0.05) is 18.4 Å². The van der Waals surface area contributed by atoms with Crippen LogP contribution >= 0.6 is 0 Å². The molecule has 140 valence electrons. The van der Waals surface area contributed by atoms with Crippen LogP contribution in [0.3, 0.4) is 0 Å². The van der Waals surface area contributed by atoms with Gasteiger partial charge in [0.1, 0.15) is 24.3 Å². The van der Waals surface area contributed by atoms with Crippen molar-refractivity contribution in [1.82, 2.24) is 5.32 Å². The van der Waals surface area contributed by atoms with Gasteiger partial charge in [-0.05, 0) is 35.9 Å². The van der Waals surface area contributed by atoms with E-state index in [1.54, 1.807) is 36.4 Å². The number of halogens is 1. The number of amides is 1. The SMILES string of the molecule is C=CCOc1cccc(C(=O)NCC2CC(Cc3cccc(F)c3)=NO2)c1. The van der Waals surface area contributed by atoms with E-state index in [0.717, 1.165) is 11.3 Å². The Bertz CT molecular complexity index is 851. The molecule has 1 aliphatic heterocycles. The first-order valence-electron chi connectivity index (χ1n) is 8.72. The molecule has 2 aromatic carbocycles. The minimum Gasteiger partial charge on any atom is -0.490 e. The van der Waals surface area contributed by atoms with Gasteiger partial charge in [0.2, 0.25) is 0 Å². The fourth-order valence-electron chi connectivity index (χ4n) is 2.77. The second-order valence-electron chi connectivity index (χ2n) is 6.23. The fraction of sp³-hybridized carbons (Fsp3) is 0.238. The minimum absolute atomic E-state index is 0.207. The van der Waals surface area contributed by atoms with Crippen molar-refractivity contribution in [2.24, 2.45) is 5.16 Å². The number of oxime groups is 1. The molecule has 1 amide bonds. The maximum atomic E-state index is 13.3. The third-order valence-electron chi connectivity index (χ3n) is 4.05. The topological polar surface area (TPSA) is 59.9 Å². The van der Waals surface area contributed by atoms with Crippen LogP contribution in [0.25, 0.3) is 0 Å². The number of nitrogens with zero attached hydrogens (tertiary/aromatic N) is 1. The first kappa shape index (κ1) is 18.6. The molecule has 0 saturated heterocycles. The summed E-state index contributed by atoms with van der Waals surface area (Å²) in [6, 6.07) is 13.4. The van der Waals surface area contributed by atoms with Crippen LogP contribution in [0, 0.1) is 5.82 Å². The Morgan fingerprint density at radius 1 is 1.33 bits per heavy atom. The molecule has 1 unspecified atom stereocenters. The highest BCUT2D eigenvalue weighted by Crippen LogP contribution is 2.16. The molecular weight excluding hydrogens is 347 g/mol. The first-order valence-corrected chi connectivity index (χ1v) is 8.72. The van der Waals surface area contributed by atoms with Crippen LogP contribution in [-0.4, -0.2) is 30.9 Å². The molecule has 1 atom stereocenters. The van der Waals surface area contributed by atoms with E-state index in [4.69, 9.17) is 9.57 Å². The van der Waals surface area contributed by atoms with Gasteiger partial charge < -0.3 is 14.9 Å². The van der Waals surface area contributed by atoms with Gasteiger partial charge in [-0.2, -0.15) is 0 Å². The van der Waals surface area contributed by atoms with Crippen LogP contribution in [0.1, 0.15) is 22.3 Å². The molecule has 0 spiro atoms. The van der Waals surface area contributed by atoms with E-state index in [1.165, 1.54) is 12.1 Å². The molecule has 0 aromatic heterocycles. The highest BCUT2D eigenvalue weighted by atomic mass is 19.1. The predicted molar refractivity (Wildman–Crippen MR) is 101 cm³/mol. The van der Waals surface area contributed by atoms with Crippen LogP contribution in [-0.2, 0) is 11.3 Å². The molecule has 6 heteroatoms. The summed E-state index contributed by atoms with van der Waals surface area (Å²) >= 11 is 0. The molecule has 0 radical (unpaired) electrons. The maximum absolute atomic E-state index is 13.3. The van der Waals surface area contributed by atoms with Crippen LogP contribution < -0.4 is 10.1 Å². The number of carbonyl (C=O) groups is 1. The number of hydrogen-bond acceptors (Lipinski definition) is 4. The minimum atomic E-state index is -0.268. The third-order valence-corrected chi connectivity index (χ3v) is 4.05. The molecule has 0 bridgehead atoms. The molecule has 2 aromatic rings. The molecule has 27 heavy (non-hydrogen) atoms. The van der Waals surface area contributed by atoms with Crippen molar-refractivity contribution >= 4 is 11.6 Å². The second kappa shape index (κ2) is 8.98. The molecule has 1 N–H and O–H groups in total. The molecule has 0 fully saturated rings. The Morgan fingerprint density at radius 2 is 2.19 bits per heavy atom. The zero-order valence-corrected chi connectivity index (χ0v) is 14.9. The molecule has 0 saturated carbocycles. The van der Waals surface area contributed by atoms with E-state index in [0.29, 0.717) is 37.3 Å². The van der Waals surface area contributed by atoms with E-state index in [9.17, 15) is 9.18 Å². The lowest BCUT2D eigenvalue weighted by atomic mass is 10.0. The van der Waals surface area contributed by atoms with Crippen molar-refractivity contribution < 1.29 is 18.8 Å². The van der Waals surface area contributed by atoms with E-state index in [-0.39, 0.29) is 17.8 Å². The van der Waals surface area contributed by atoms with Gasteiger partial charge >= 0.3 is 0 Å². The third kappa shape index (κ3) is 5.41. The van der Waals surface area contributed by atoms with Gasteiger partial charge in [-0.25, -0.2) is 4.39 Å². The van der Waals surface area contributed by atoms with Gasteiger partial charge in [0.15, 0.2) is 0 Å². The molecule has 1 aliphatic rings. The summed E-state index contributed by atoms with van der Waals surface area (Å²) in [5, 5.41) is 6.90. The van der Waals surface area contributed by atoms with Crippen molar-refractivity contribution in [2.45, 2.75) is 18.9 Å². The normalized spacial score (nSPS) is 15.6. The van der Waals surface area contributed by atoms with Gasteiger partial charge in [0.25, 0.3) is 5.91 Å². The zero-order valence-electron chi connectivity index (χ0n) is 14.9. The van der Waals surface area contributed by atoms with Crippen molar-refractivity contribution in [2.75, 3.05) is 13.2 Å². The standard InChI is InChI=1S/C21H21FN2O3/c1-2-9-26-19-8-4-6-16(12-19)21(25)23-14-20-13-18(24-27-20)11-15-5-3-7-17(22)10-15/h2-8,10,12,20H,1,9,11,13-14H2,(H,23,25). The quantitative estimate of drug-likeness (QED) is 0.726. The molecule has 3 rings (SSSR count). The average molecular weight is 368 g/mol. The molecule has 1 heterocycles. The van der Waals surface area contributed by atoms with Gasteiger partial charge in [0.05, 0.1) is 12.3 Å². The Labute approximate surface area is 157 Å². The van der Waals surface area contributed by atoms with Gasteiger partial charge in [-0.15, -0.1) is 0 Å². The number of rotatable bonds is 8. The summed E-state index contributed by atoms with van der Waals surface area (Å²) in [5.41, 5.74) is 2.19. The molecule has 0 aliphatic carbocycles. The monoisotopic (exact) mass is 368 g/mol. The number of hydrogen-bond donors (Lipinski definition) is 1. The van der Waals surface area contributed by atoms with E-state index >= 15 is 0 Å². The predicted octanol–water partition coefficient (Wildman–Crippen LogP) is 3.51. The van der Waals surface area contributed by atoms with E-state index in [1.807, 2.05) is 6.07 Å². The Balaban J connectivity index is 1.47. The first-order chi connectivity index (χ1) is 13.1. The molecule has 5 nitrogen and oxygen atoms in total. The summed E-state index contributed by atoms with van der Waals surface area (Å²) in [6.07, 6.45) is 2.55. The zero-order chi connectivity index (χ0) is 19.1. The lowest BCUT2D eigenvalue weighted by Crippen LogP contribution is -2.32. The number of ether oxygens (including phenoxy) is 1. The van der Waals surface area contributed by atoms with E-state index in [2.05, 4.69) is 17.1 Å². The lowest BCUT2D eigenvalue weighted by molar-refractivity contribution is 0.0753. The number of benzene rings is 2. The maximum Gasteiger partial charge on any atom is 0.251 e. The summed E-state index contributed by atoms with van der Waals surface area (Å²) in [7, 11) is 0. The Kier molecular flexibility index (Phi) is 6.20. The largest absolute Gasteiger partial charge is 0.490 e. The Hall–Kier alpha value is -3.15. The average Bonchev–Trinajstić information content (AvgIpc) is 3.12. The van der Waals surface area contributed by atoms with Gasteiger partial charge in [-0.1, -0.05) is 36.0 Å². The van der Waals surface area contributed by atoms with Crippen molar-refractivity contribution in [3.63, 3.8) is 0 Å². The second-order valence-corrected chi connectivity index (χ2v) is 6.23. The number of nitrogens with one attached hydrogen (secondary N) is 1. The fourth-order valence-corrected chi connectivity index (χ4v) is 2.77. The Morgan fingerprint density at radius 3 is 3.00 bits per heavy atom. The van der Waals surface area contributed by atoms with Crippen molar-refractivity contribution in [1.29, 1.82) is 0 Å². The summed E-state index contributed by atoms with van der Waals surface area (Å²) in [6.45, 7) is 4.32. The van der Waals surface area contributed by atoms with E-state index < -0.39 is 0 Å². The van der Waals surface area contributed by atoms with Crippen molar-refractivity contribution in [3.05, 3.63) is 78.1 Å². The van der Waals surface area contributed by atoms with Gasteiger partial charge in [-0.3, -0.25) is 4.79 Å². The highest BCUT2D eigenvalue weighted by molar-refractivity contribution is 5.94. The molecular formula is C21H21FN2O3.